The van der Waals surface area contributed by atoms with Crippen molar-refractivity contribution in [3.8, 4) is 0 Å². The fourth-order valence-corrected chi connectivity index (χ4v) is 1.17. The molecule has 1 rings (SSSR count). The van der Waals surface area contributed by atoms with Gasteiger partial charge in [0.2, 0.25) is 0 Å². The molecule has 0 fully saturated rings. The van der Waals surface area contributed by atoms with Crippen LogP contribution in [0.15, 0.2) is 23.3 Å². The number of pyridine rings is 1. The van der Waals surface area contributed by atoms with Crippen LogP contribution in [0.3, 0.4) is 0 Å². The molecule has 1 atom stereocenters. The Morgan fingerprint density at radius 3 is 2.67 bits per heavy atom. The van der Waals surface area contributed by atoms with Gasteiger partial charge in [-0.1, -0.05) is 0 Å². The van der Waals surface area contributed by atoms with Gasteiger partial charge in [-0.3, -0.25) is 4.79 Å². The first kappa shape index (κ1) is 11.5. The molecule has 1 aromatic rings. The van der Waals surface area contributed by atoms with Crippen LogP contribution in [0.4, 0.5) is 0 Å². The fraction of sp³-hybridized carbons (Fsp3) is 0.400. The maximum atomic E-state index is 11.1. The zero-order chi connectivity index (χ0) is 11.6. The van der Waals surface area contributed by atoms with E-state index in [0.29, 0.717) is 5.56 Å². The van der Waals surface area contributed by atoms with Crippen molar-refractivity contribution in [2.75, 3.05) is 0 Å². The van der Waals surface area contributed by atoms with E-state index in [1.165, 1.54) is 30.0 Å². The summed E-state index contributed by atoms with van der Waals surface area (Å²) in [6, 6.07) is 1.34. The number of aromatic nitrogens is 1. The number of hydrogen-bond donors (Lipinski definition) is 2. The number of aliphatic carboxylic acids is 1. The first-order chi connectivity index (χ1) is 6.83. The quantitative estimate of drug-likeness (QED) is 0.737. The van der Waals surface area contributed by atoms with Crippen LogP contribution in [0, 0.1) is 6.92 Å². The summed E-state index contributed by atoms with van der Waals surface area (Å²) in [5, 5.41) is 18.2. The predicted molar refractivity (Wildman–Crippen MR) is 53.7 cm³/mol. The lowest BCUT2D eigenvalue weighted by molar-refractivity contribution is -0.157. The average Bonchev–Trinajstić information content (AvgIpc) is 2.10. The smallest absolute Gasteiger partial charge is 0.337 e. The highest BCUT2D eigenvalue weighted by Gasteiger charge is 2.29. The summed E-state index contributed by atoms with van der Waals surface area (Å²) in [6.07, 6.45) is 2.96. The number of carboxylic acid groups (broad SMARTS) is 1. The summed E-state index contributed by atoms with van der Waals surface area (Å²) in [5.74, 6) is -1.29. The van der Waals surface area contributed by atoms with E-state index >= 15 is 0 Å². The van der Waals surface area contributed by atoms with Crippen molar-refractivity contribution in [3.05, 3.63) is 34.2 Å². The van der Waals surface area contributed by atoms with E-state index in [-0.39, 0.29) is 12.0 Å². The van der Waals surface area contributed by atoms with Crippen molar-refractivity contribution in [3.63, 3.8) is 0 Å². The van der Waals surface area contributed by atoms with Gasteiger partial charge in [-0.05, 0) is 13.8 Å². The second-order valence-corrected chi connectivity index (χ2v) is 3.74. The minimum absolute atomic E-state index is 0.0938. The summed E-state index contributed by atoms with van der Waals surface area (Å²) < 4.78 is 1.48. The van der Waals surface area contributed by atoms with Gasteiger partial charge in [0.15, 0.2) is 11.0 Å². The summed E-state index contributed by atoms with van der Waals surface area (Å²) in [6.45, 7) is 2.75. The van der Waals surface area contributed by atoms with Crippen molar-refractivity contribution in [2.24, 2.45) is 0 Å². The third-order valence-electron chi connectivity index (χ3n) is 2.12. The van der Waals surface area contributed by atoms with Crippen LogP contribution in [-0.2, 0) is 11.3 Å². The lowest BCUT2D eigenvalue weighted by atomic mass is 10.1. The van der Waals surface area contributed by atoms with Crippen LogP contribution in [0.5, 0.6) is 0 Å². The second kappa shape index (κ2) is 3.86. The molecule has 0 aromatic carbocycles. The van der Waals surface area contributed by atoms with Gasteiger partial charge >= 0.3 is 5.97 Å². The molecule has 1 unspecified atom stereocenters. The monoisotopic (exact) mass is 211 g/mol. The van der Waals surface area contributed by atoms with E-state index in [1.807, 2.05) is 0 Å². The summed E-state index contributed by atoms with van der Waals surface area (Å²) in [7, 11) is 0. The Kier molecular flexibility index (Phi) is 2.95. The minimum atomic E-state index is -1.83. The normalized spacial score (nSPS) is 14.6. The third-order valence-corrected chi connectivity index (χ3v) is 2.12. The molecule has 15 heavy (non-hydrogen) atoms. The summed E-state index contributed by atoms with van der Waals surface area (Å²) in [4.78, 5) is 21.7. The van der Waals surface area contributed by atoms with E-state index in [2.05, 4.69) is 0 Å². The van der Waals surface area contributed by atoms with Crippen molar-refractivity contribution < 1.29 is 15.0 Å². The van der Waals surface area contributed by atoms with Gasteiger partial charge in [-0.2, -0.15) is 0 Å². The zero-order valence-electron chi connectivity index (χ0n) is 8.60. The van der Waals surface area contributed by atoms with Crippen molar-refractivity contribution in [2.45, 2.75) is 26.0 Å². The number of hydrogen-bond acceptors (Lipinski definition) is 3. The molecule has 82 valence electrons. The molecule has 5 nitrogen and oxygen atoms in total. The van der Waals surface area contributed by atoms with E-state index in [0.717, 1.165) is 0 Å². The van der Waals surface area contributed by atoms with Gasteiger partial charge in [0.05, 0.1) is 6.54 Å². The Bertz CT molecular complexity index is 433. The largest absolute Gasteiger partial charge is 0.479 e. The van der Waals surface area contributed by atoms with Gasteiger partial charge in [0.25, 0.3) is 0 Å². The fourth-order valence-electron chi connectivity index (χ4n) is 1.17. The number of aliphatic hydroxyl groups is 1. The number of carboxylic acids is 1. The van der Waals surface area contributed by atoms with Gasteiger partial charge in [0, 0.05) is 24.0 Å². The Morgan fingerprint density at radius 2 is 2.20 bits per heavy atom. The van der Waals surface area contributed by atoms with E-state index in [1.54, 1.807) is 6.92 Å². The molecule has 0 aliphatic heterocycles. The van der Waals surface area contributed by atoms with Crippen molar-refractivity contribution in [1.29, 1.82) is 0 Å². The lowest BCUT2D eigenvalue weighted by Gasteiger charge is -2.19. The zero-order valence-corrected chi connectivity index (χ0v) is 8.60. The van der Waals surface area contributed by atoms with Crippen LogP contribution in [0.25, 0.3) is 0 Å². The Hall–Kier alpha value is -1.62. The molecule has 2 N–H and O–H groups in total. The van der Waals surface area contributed by atoms with Crippen LogP contribution in [0.1, 0.15) is 12.5 Å². The van der Waals surface area contributed by atoms with Gasteiger partial charge < -0.3 is 14.8 Å². The van der Waals surface area contributed by atoms with Crippen LogP contribution < -0.4 is 5.43 Å². The molecule has 0 spiro atoms. The Morgan fingerprint density at radius 1 is 1.60 bits per heavy atom. The number of rotatable bonds is 3. The van der Waals surface area contributed by atoms with Crippen LogP contribution in [0.2, 0.25) is 0 Å². The van der Waals surface area contributed by atoms with Gasteiger partial charge in [-0.15, -0.1) is 0 Å². The van der Waals surface area contributed by atoms with E-state index < -0.39 is 11.6 Å². The number of nitrogens with zero attached hydrogens (tertiary/aromatic N) is 1. The highest BCUT2D eigenvalue weighted by atomic mass is 16.4. The highest BCUT2D eigenvalue weighted by molar-refractivity contribution is 5.76. The standard InChI is InChI=1S/C10H13NO4/c1-7-5-11(4-3-8(7)12)6-10(2,15)9(13)14/h3-5,15H,6H2,1-2H3,(H,13,14). The number of carbonyl (C=O) groups is 1. The molecule has 0 saturated carbocycles. The average molecular weight is 211 g/mol. The highest BCUT2D eigenvalue weighted by Crippen LogP contribution is 2.07. The molecule has 5 heteroatoms. The molecule has 0 saturated heterocycles. The molecule has 0 bridgehead atoms. The van der Waals surface area contributed by atoms with Crippen LogP contribution >= 0.6 is 0 Å². The third kappa shape index (κ3) is 2.66. The molecular formula is C10H13NO4. The Labute approximate surface area is 86.6 Å². The SMILES string of the molecule is Cc1cn(CC(C)(O)C(=O)O)ccc1=O. The van der Waals surface area contributed by atoms with Gasteiger partial charge in [0.1, 0.15) is 0 Å². The molecular weight excluding hydrogens is 198 g/mol. The van der Waals surface area contributed by atoms with E-state index in [9.17, 15) is 14.7 Å². The van der Waals surface area contributed by atoms with Crippen LogP contribution in [-0.4, -0.2) is 26.4 Å². The van der Waals surface area contributed by atoms with Crippen molar-refractivity contribution in [1.82, 2.24) is 4.57 Å². The number of aryl methyl sites for hydroxylation is 1. The van der Waals surface area contributed by atoms with E-state index in [4.69, 9.17) is 5.11 Å². The molecule has 0 amide bonds. The van der Waals surface area contributed by atoms with Gasteiger partial charge in [-0.25, -0.2) is 4.79 Å². The second-order valence-electron chi connectivity index (χ2n) is 3.74. The van der Waals surface area contributed by atoms with Crippen molar-refractivity contribution >= 4 is 5.97 Å². The lowest BCUT2D eigenvalue weighted by Crippen LogP contribution is -2.39. The predicted octanol–water partition coefficient (Wildman–Crippen LogP) is -0.00768. The summed E-state index contributed by atoms with van der Waals surface area (Å²) in [5.41, 5.74) is -1.43. The maximum Gasteiger partial charge on any atom is 0.337 e. The molecule has 1 heterocycles. The summed E-state index contributed by atoms with van der Waals surface area (Å²) >= 11 is 0. The molecule has 0 aliphatic rings. The molecule has 0 aliphatic carbocycles. The Balaban J connectivity index is 2.95. The minimum Gasteiger partial charge on any atom is -0.479 e. The molecule has 1 aromatic heterocycles. The maximum absolute atomic E-state index is 11.1. The first-order valence-electron chi connectivity index (χ1n) is 4.45. The molecule has 0 radical (unpaired) electrons. The first-order valence-corrected chi connectivity index (χ1v) is 4.45. The topological polar surface area (TPSA) is 79.5 Å².